The van der Waals surface area contributed by atoms with E-state index >= 15 is 0 Å². The van der Waals surface area contributed by atoms with Gasteiger partial charge in [-0.05, 0) is 83.5 Å². The Kier molecular flexibility index (Phi) is 57.8. The van der Waals surface area contributed by atoms with E-state index in [0.717, 1.165) is 77.0 Å². The molecule has 0 aromatic rings. The van der Waals surface area contributed by atoms with Gasteiger partial charge in [-0.25, -0.2) is 0 Å². The zero-order valence-corrected chi connectivity index (χ0v) is 47.9. The van der Waals surface area contributed by atoms with Crippen molar-refractivity contribution in [2.24, 2.45) is 0 Å². The molecule has 6 heteroatoms. The Morgan fingerprint density at radius 1 is 0.301 bits per heavy atom. The van der Waals surface area contributed by atoms with Crippen LogP contribution in [0.1, 0.15) is 290 Å². The molecule has 0 aromatic heterocycles. The highest BCUT2D eigenvalue weighted by atomic mass is 16.6. The summed E-state index contributed by atoms with van der Waals surface area (Å²) >= 11 is 0. The number of ether oxygens (including phenoxy) is 3. The van der Waals surface area contributed by atoms with Crippen LogP contribution in [0.5, 0.6) is 0 Å². The lowest BCUT2D eigenvalue weighted by Crippen LogP contribution is -2.30. The van der Waals surface area contributed by atoms with Gasteiger partial charge >= 0.3 is 17.9 Å². The van der Waals surface area contributed by atoms with Crippen molar-refractivity contribution in [3.63, 3.8) is 0 Å². The van der Waals surface area contributed by atoms with E-state index in [9.17, 15) is 14.4 Å². The monoisotopic (exact) mass is 1010 g/mol. The molecule has 0 saturated heterocycles. The van der Waals surface area contributed by atoms with Gasteiger partial charge in [-0.1, -0.05) is 285 Å². The first-order valence-corrected chi connectivity index (χ1v) is 30.8. The zero-order chi connectivity index (χ0) is 52.9. The molecule has 1 unspecified atom stereocenters. The Bertz CT molecular complexity index is 1440. The standard InChI is InChI=1S/C67H114O6/c1-4-7-10-13-16-19-22-25-28-31-33-36-39-42-45-48-51-54-57-60-66(69)72-63-64(62-71-65(68)59-56-53-50-47-44-41-38-35-30-27-24-21-18-15-12-9-6-3)73-67(70)61-58-55-52-49-46-43-40-37-34-32-29-26-23-20-17-14-11-8-5-2/h7,10,16-17,19-20,23,25-26,28,33,36,42,45,51,54,64H,4-6,8-9,11-15,18,21-22,24,27,29-32,34-35,37-41,43-44,46-50,52-53,55-63H2,1-3H3/b10-7-,19-16-,20-17-,26-23-,28-25-,36-33-,45-42-,54-51-. The second kappa shape index (κ2) is 60.9. The van der Waals surface area contributed by atoms with Crippen LogP contribution in [0.3, 0.4) is 0 Å². The minimum absolute atomic E-state index is 0.1000. The van der Waals surface area contributed by atoms with E-state index in [1.165, 1.54) is 167 Å². The summed E-state index contributed by atoms with van der Waals surface area (Å²) in [5.74, 6) is -0.982. The highest BCUT2D eigenvalue weighted by molar-refractivity contribution is 5.71. The van der Waals surface area contributed by atoms with Crippen molar-refractivity contribution in [1.82, 2.24) is 0 Å². The molecule has 0 aliphatic carbocycles. The normalized spacial score (nSPS) is 12.8. The van der Waals surface area contributed by atoms with Crippen LogP contribution in [0.15, 0.2) is 97.2 Å². The van der Waals surface area contributed by atoms with Crippen molar-refractivity contribution in [3.05, 3.63) is 97.2 Å². The highest BCUT2D eigenvalue weighted by Gasteiger charge is 2.19. The van der Waals surface area contributed by atoms with Crippen molar-refractivity contribution < 1.29 is 28.6 Å². The minimum Gasteiger partial charge on any atom is -0.462 e. The first kappa shape index (κ1) is 69.3. The molecule has 0 aromatic carbocycles. The lowest BCUT2D eigenvalue weighted by molar-refractivity contribution is -0.166. The number of unbranched alkanes of at least 4 members (excludes halogenated alkanes) is 29. The number of hydrogen-bond donors (Lipinski definition) is 0. The van der Waals surface area contributed by atoms with E-state index in [1.807, 2.05) is 6.08 Å². The quantitative estimate of drug-likeness (QED) is 0.0199. The highest BCUT2D eigenvalue weighted by Crippen LogP contribution is 2.16. The first-order chi connectivity index (χ1) is 36.0. The third-order valence-corrected chi connectivity index (χ3v) is 13.1. The van der Waals surface area contributed by atoms with E-state index < -0.39 is 6.10 Å². The molecule has 0 rings (SSSR count). The molecule has 418 valence electrons. The Hall–Kier alpha value is -3.67. The van der Waals surface area contributed by atoms with Gasteiger partial charge in [0.05, 0.1) is 0 Å². The van der Waals surface area contributed by atoms with Crippen LogP contribution in [0, 0.1) is 0 Å². The molecule has 0 radical (unpaired) electrons. The lowest BCUT2D eigenvalue weighted by Gasteiger charge is -2.18. The van der Waals surface area contributed by atoms with Crippen molar-refractivity contribution in [3.8, 4) is 0 Å². The molecule has 0 bridgehead atoms. The molecule has 0 aliphatic heterocycles. The van der Waals surface area contributed by atoms with Gasteiger partial charge in [-0.3, -0.25) is 14.4 Å². The third-order valence-electron chi connectivity index (χ3n) is 13.1. The van der Waals surface area contributed by atoms with Crippen LogP contribution in [0.4, 0.5) is 0 Å². The summed E-state index contributed by atoms with van der Waals surface area (Å²) in [7, 11) is 0. The van der Waals surface area contributed by atoms with Crippen molar-refractivity contribution in [2.75, 3.05) is 13.2 Å². The smallest absolute Gasteiger partial charge is 0.306 e. The molecule has 73 heavy (non-hydrogen) atoms. The maximum atomic E-state index is 12.9. The molecular formula is C67H114O6. The van der Waals surface area contributed by atoms with Gasteiger partial charge in [0.25, 0.3) is 0 Å². The molecule has 0 spiro atoms. The van der Waals surface area contributed by atoms with Crippen LogP contribution in [0.25, 0.3) is 0 Å². The van der Waals surface area contributed by atoms with Gasteiger partial charge in [-0.15, -0.1) is 0 Å². The molecule has 6 nitrogen and oxygen atoms in total. The average molecular weight is 1020 g/mol. The van der Waals surface area contributed by atoms with Crippen LogP contribution in [-0.4, -0.2) is 37.2 Å². The fourth-order valence-electron chi connectivity index (χ4n) is 8.52. The van der Waals surface area contributed by atoms with Crippen LogP contribution >= 0.6 is 0 Å². The predicted octanol–water partition coefficient (Wildman–Crippen LogP) is 20.9. The van der Waals surface area contributed by atoms with Crippen molar-refractivity contribution in [1.29, 1.82) is 0 Å². The number of esters is 3. The van der Waals surface area contributed by atoms with Crippen molar-refractivity contribution in [2.45, 2.75) is 297 Å². The summed E-state index contributed by atoms with van der Waals surface area (Å²) in [5.41, 5.74) is 0. The summed E-state index contributed by atoms with van der Waals surface area (Å²) in [5, 5.41) is 0. The number of carbonyl (C=O) groups is 3. The largest absolute Gasteiger partial charge is 0.462 e. The van der Waals surface area contributed by atoms with Crippen LogP contribution in [0.2, 0.25) is 0 Å². The fraction of sp³-hybridized carbons (Fsp3) is 0.716. The van der Waals surface area contributed by atoms with Crippen LogP contribution in [-0.2, 0) is 28.6 Å². The molecule has 1 atom stereocenters. The SMILES string of the molecule is CC/C=C\C/C=C\C/C=C\C/C=C\C/C=C\C/C=C\CCC(=O)OCC(COC(=O)CCCCCCCCCCCCCCCCCCC)OC(=O)CCCCCCCCCCCC/C=C\C=C/CCCCC. The summed E-state index contributed by atoms with van der Waals surface area (Å²) in [6, 6.07) is 0. The lowest BCUT2D eigenvalue weighted by atomic mass is 10.0. The number of rotatable bonds is 55. The van der Waals surface area contributed by atoms with Gasteiger partial charge in [0.2, 0.25) is 0 Å². The van der Waals surface area contributed by atoms with E-state index in [4.69, 9.17) is 14.2 Å². The Morgan fingerprint density at radius 2 is 0.603 bits per heavy atom. The van der Waals surface area contributed by atoms with Gasteiger partial charge in [0, 0.05) is 19.3 Å². The van der Waals surface area contributed by atoms with Gasteiger partial charge in [-0.2, -0.15) is 0 Å². The average Bonchev–Trinajstić information content (AvgIpc) is 3.39. The Morgan fingerprint density at radius 3 is 1.00 bits per heavy atom. The number of allylic oxidation sites excluding steroid dienone is 16. The second-order valence-corrected chi connectivity index (χ2v) is 20.3. The predicted molar refractivity (Wildman–Crippen MR) is 316 cm³/mol. The molecule has 0 aliphatic rings. The van der Waals surface area contributed by atoms with E-state index in [0.29, 0.717) is 19.3 Å². The van der Waals surface area contributed by atoms with Gasteiger partial charge < -0.3 is 14.2 Å². The van der Waals surface area contributed by atoms with Crippen molar-refractivity contribution >= 4 is 17.9 Å². The minimum atomic E-state index is -0.810. The summed E-state index contributed by atoms with van der Waals surface area (Å²) in [4.78, 5) is 38.2. The molecule has 0 saturated carbocycles. The second-order valence-electron chi connectivity index (χ2n) is 20.3. The molecule has 0 heterocycles. The number of hydrogen-bond acceptors (Lipinski definition) is 6. The Labute approximate surface area is 451 Å². The van der Waals surface area contributed by atoms with Crippen LogP contribution < -0.4 is 0 Å². The molecular weight excluding hydrogens is 901 g/mol. The molecule has 0 amide bonds. The fourth-order valence-corrected chi connectivity index (χ4v) is 8.52. The van der Waals surface area contributed by atoms with E-state index in [-0.39, 0.29) is 37.5 Å². The topological polar surface area (TPSA) is 78.9 Å². The van der Waals surface area contributed by atoms with E-state index in [2.05, 4.69) is 112 Å². The molecule has 0 fully saturated rings. The summed E-state index contributed by atoms with van der Waals surface area (Å²) in [6.45, 7) is 6.46. The van der Waals surface area contributed by atoms with Gasteiger partial charge in [0.15, 0.2) is 6.10 Å². The number of carbonyl (C=O) groups excluding carboxylic acids is 3. The van der Waals surface area contributed by atoms with Gasteiger partial charge in [0.1, 0.15) is 13.2 Å². The Balaban J connectivity index is 4.48. The molecule has 0 N–H and O–H groups in total. The van der Waals surface area contributed by atoms with E-state index in [1.54, 1.807) is 0 Å². The first-order valence-electron chi connectivity index (χ1n) is 30.8. The zero-order valence-electron chi connectivity index (χ0n) is 47.9. The summed E-state index contributed by atoms with van der Waals surface area (Å²) < 4.78 is 16.8. The third kappa shape index (κ3) is 59.1. The maximum absolute atomic E-state index is 12.9. The summed E-state index contributed by atoms with van der Waals surface area (Å²) in [6.07, 6.45) is 81.3. The maximum Gasteiger partial charge on any atom is 0.306 e.